The van der Waals surface area contributed by atoms with Gasteiger partial charge in [0.15, 0.2) is 29.9 Å². The second-order valence-electron chi connectivity index (χ2n) is 34.0. The number of phenolic OH excluding ortho intramolecular Hbond substituents is 3. The van der Waals surface area contributed by atoms with Crippen LogP contribution in [-0.2, 0) is 82.6 Å². The predicted octanol–water partition coefficient (Wildman–Crippen LogP) is 1.53. The number of nitrogens with zero attached hydrogens (tertiary/aromatic N) is 1. The Hall–Kier alpha value is -10.3. The number of amides is 9. The Bertz CT molecular complexity index is 5270. The van der Waals surface area contributed by atoms with E-state index in [4.69, 9.17) is 57.4 Å². The molecule has 0 saturated carbocycles. The van der Waals surface area contributed by atoms with Crippen LogP contribution in [0.15, 0.2) is 72.8 Å². The third-order valence-electron chi connectivity index (χ3n) is 23.6. The molecule has 7 aliphatic heterocycles. The lowest BCUT2D eigenvalue weighted by atomic mass is 9.82. The number of aliphatic hydroxyl groups excluding tert-OH is 6. The van der Waals surface area contributed by atoms with Crippen molar-refractivity contribution in [2.24, 2.45) is 11.7 Å². The van der Waals surface area contributed by atoms with Crippen LogP contribution in [0.1, 0.15) is 182 Å². The number of rotatable bonds is 36. The van der Waals surface area contributed by atoms with E-state index in [-0.39, 0.29) is 43.1 Å². The van der Waals surface area contributed by atoms with E-state index >= 15 is 24.0 Å². The average Bonchev–Trinajstić information content (AvgIpc) is 0.756. The average molecular weight is 1980 g/mol. The topological polar surface area (TPSA) is 710 Å². The number of benzene rings is 5. The highest BCUT2D eigenvalue weighted by Gasteiger charge is 2.55. The first-order valence-electron chi connectivity index (χ1n) is 43.5. The van der Waals surface area contributed by atoms with Gasteiger partial charge in [0, 0.05) is 55.6 Å². The predicted molar refractivity (Wildman–Crippen MR) is 475 cm³/mol. The number of carbonyl (C=O) groups excluding carboxylic acids is 10. The minimum atomic E-state index is -5.74. The number of hydrogen-bond donors (Lipinski definition) is 25. The molecule has 7 heterocycles. The highest BCUT2D eigenvalue weighted by Crippen LogP contribution is 2.59. The number of unbranched alkanes of at least 4 members (excludes halogenated alkanes) is 7. The van der Waals surface area contributed by atoms with Crippen molar-refractivity contribution in [3.63, 3.8) is 0 Å². The molecule has 7 aliphatic rings. The zero-order chi connectivity index (χ0) is 99.2. The van der Waals surface area contributed by atoms with E-state index in [9.17, 15) is 109 Å². The van der Waals surface area contributed by atoms with Gasteiger partial charge in [-0.2, -0.15) is 0 Å². The Balaban J connectivity index is 1.18. The van der Waals surface area contributed by atoms with Gasteiger partial charge in [0.05, 0.1) is 52.9 Å². The maximum Gasteiger partial charge on any atom is 0.360 e. The van der Waals surface area contributed by atoms with Crippen LogP contribution in [0.4, 0.5) is 0 Å². The van der Waals surface area contributed by atoms with E-state index in [0.717, 1.165) is 123 Å². The highest BCUT2D eigenvalue weighted by atomic mass is 35.5. The number of likely N-dealkylation sites (N-methyl/N-ethyl adjacent to an activating group) is 1. The Morgan fingerprint density at radius 3 is 1.88 bits per heavy atom. The van der Waals surface area contributed by atoms with Gasteiger partial charge in [-0.25, -0.2) is 4.79 Å². The number of nitrogens with two attached hydrogens (primary N) is 1. The Kier molecular flexibility index (Phi) is 36.9. The molecule has 5 aromatic carbocycles. The molecule has 5 aromatic rings. The molecular weight excluding hydrogens is 1860 g/mol. The summed E-state index contributed by atoms with van der Waals surface area (Å²) in [6.45, 7) is 6.57. The van der Waals surface area contributed by atoms with E-state index in [1.54, 1.807) is 19.2 Å². The van der Waals surface area contributed by atoms with Crippen molar-refractivity contribution < 1.29 is 161 Å². The van der Waals surface area contributed by atoms with Gasteiger partial charge in [0.1, 0.15) is 102 Å². The van der Waals surface area contributed by atoms with Gasteiger partial charge >= 0.3 is 21.2 Å². The van der Waals surface area contributed by atoms with E-state index < -0.39 is 317 Å². The normalized spacial score (nSPS) is 25.2. The lowest BCUT2D eigenvalue weighted by Gasteiger charge is -2.52. The fourth-order valence-electron chi connectivity index (χ4n) is 16.5. The van der Waals surface area contributed by atoms with Gasteiger partial charge in [0.2, 0.25) is 70.7 Å². The van der Waals surface area contributed by atoms with Crippen molar-refractivity contribution >= 4 is 104 Å². The number of aldehydes is 1. The van der Waals surface area contributed by atoms with Crippen molar-refractivity contribution in [1.82, 2.24) is 58.1 Å². The first-order valence-corrected chi connectivity index (χ1v) is 47.6. The van der Waals surface area contributed by atoms with Crippen molar-refractivity contribution in [2.45, 2.75) is 239 Å². The second-order valence-corrected chi connectivity index (χ2v) is 38.6. The Morgan fingerprint density at radius 2 is 1.30 bits per heavy atom. The van der Waals surface area contributed by atoms with Gasteiger partial charge < -0.3 is 168 Å². The van der Waals surface area contributed by atoms with Gasteiger partial charge in [-0.15, -0.1) is 0 Å². The molecule has 2 saturated heterocycles. The second kappa shape index (κ2) is 46.7. The number of carbonyl (C=O) groups is 11. The summed E-state index contributed by atoms with van der Waals surface area (Å²) in [5, 5.41) is 143. The van der Waals surface area contributed by atoms with Crippen molar-refractivity contribution in [2.75, 3.05) is 39.8 Å². The molecule has 26 N–H and O–H groups in total. The number of nitrogens with one attached hydrogen (secondary N) is 10. The van der Waals surface area contributed by atoms with Crippen LogP contribution in [0.25, 0.3) is 11.1 Å². The van der Waals surface area contributed by atoms with E-state index in [1.165, 1.54) is 20.9 Å². The quantitative estimate of drug-likeness (QED) is 0.0154. The Labute approximate surface area is 783 Å². The molecule has 740 valence electrons. The SMILES string of the molecule is CCCCCCCCCCNCCN(C(=O)CCC(=O)NC(P(=O)(O)O)P(=O)(O)O)C1(C)CC(OC2C(Oc3c4cc5cc3Oc3ccc(cc3Cl)[C@H](O)C(NC(=O)C(CC(C)C)NC)C(=O)NC(CC(N)=O)C(=O)NC5C(=O)NC3C(=O)NC(C(=O)N[C@@H](C(=O)O)c5cc(O)c(CNCC=O)c(O)c5-c5cc3ccc5O)[C@H](O)c3ccc(c(Cl)c3)O4)OC(CO)C(O)C2O)OC(C)C1O. The number of carboxylic acids is 1. The fourth-order valence-corrected chi connectivity index (χ4v) is 19.2. The maximum atomic E-state index is 16.5. The van der Waals surface area contributed by atoms with Crippen LogP contribution in [0, 0.1) is 5.92 Å². The molecule has 2 fully saturated rings. The largest absolute Gasteiger partial charge is 0.507 e. The standard InChI is InChI=1S/C86H114Cl2N12O33P2/c1-7-8-9-10-11-12-13-14-23-91-24-26-100(61(107)22-21-60(106)94-85(134(122,123)124)135(125,126)127)86(5)36-62(128-40(4)76(86)113)132-75-73(112)72(111)58(38-102)131-84(75)133-74-56-32-44-33-57(74)130-55-20-17-43(31-49(55)88)70(109)68-82(119)97-66(83(120)121)46-34-53(104)47(37-92-25-27-101)71(110)63(46)45-29-41(15-18-52(45)103)64(79(116)99-68)96-80(117)65(44)95-78(115)51(35-59(89)105)93-81(118)67(98-77(114)50(90-6)28-39(2)3)69(108)42-16-19-54(129-56)48(87)30-42/h15-20,27,29-34,39-40,50-51,58,62,64-70,72-73,75-76,84-85,90-92,102-104,108-113H,7-14,21-26,28,35-38H2,1-6H3,(H2,89,105)(H,93,118)(H,94,106)(H,95,115)(H,96,117)(H,97,119)(H,98,114)(H,99,116)(H,120,121)(H2,122,123,124)(H2,125,126,127)/t40?,50?,51?,58?,62?,64?,65?,66-,67?,68?,69+,70-,72?,73?,75?,76?,84?,86?/m1/s1. The Morgan fingerprint density at radius 1 is 0.696 bits per heavy atom. The van der Waals surface area contributed by atoms with Gasteiger partial charge in [0.25, 0.3) is 0 Å². The van der Waals surface area contributed by atoms with Gasteiger partial charge in [-0.3, -0.25) is 52.3 Å². The number of carboxylic acid groups (broad SMARTS) is 1. The summed E-state index contributed by atoms with van der Waals surface area (Å²) in [5.41, 5.74) is -3.10. The zero-order valence-corrected chi connectivity index (χ0v) is 77.4. The third-order valence-corrected chi connectivity index (χ3v) is 27.6. The smallest absolute Gasteiger partial charge is 0.360 e. The van der Waals surface area contributed by atoms with Crippen LogP contribution < -0.4 is 73.1 Å². The molecule has 45 nitrogen and oxygen atoms in total. The molecule has 12 rings (SSSR count). The number of ether oxygens (including phenoxy) is 6. The molecule has 9 amide bonds. The lowest BCUT2D eigenvalue weighted by molar-refractivity contribution is -0.337. The molecule has 49 heteroatoms. The number of fused-ring (bicyclic) bond motifs is 15. The molecule has 11 bridgehead atoms. The molecule has 0 radical (unpaired) electrons. The lowest BCUT2D eigenvalue weighted by Crippen LogP contribution is -2.67. The van der Waals surface area contributed by atoms with E-state index in [0.29, 0.717) is 19.3 Å². The fraction of sp³-hybridized carbons (Fsp3) is 0.523. The molecule has 18 atom stereocenters. The molecule has 0 spiro atoms. The van der Waals surface area contributed by atoms with Crippen molar-refractivity contribution in [3.05, 3.63) is 116 Å². The van der Waals surface area contributed by atoms with Crippen LogP contribution in [0.2, 0.25) is 10.0 Å². The van der Waals surface area contributed by atoms with Crippen LogP contribution >= 0.6 is 38.4 Å². The molecule has 135 heavy (non-hydrogen) atoms. The maximum absolute atomic E-state index is 16.5. The minimum Gasteiger partial charge on any atom is -0.507 e. The number of phenols is 3. The van der Waals surface area contributed by atoms with Gasteiger partial charge in [-0.05, 0) is 123 Å². The first-order chi connectivity index (χ1) is 63.7. The van der Waals surface area contributed by atoms with E-state index in [2.05, 4.69) is 54.8 Å². The third kappa shape index (κ3) is 26.1. The van der Waals surface area contributed by atoms with Crippen LogP contribution in [0.3, 0.4) is 0 Å². The number of aliphatic carboxylic acids is 1. The highest BCUT2D eigenvalue weighted by molar-refractivity contribution is 7.70. The van der Waals surface area contributed by atoms with Crippen LogP contribution in [-0.4, -0.2) is 265 Å². The summed E-state index contributed by atoms with van der Waals surface area (Å²) in [4.78, 5) is 200. The number of primary amides is 1. The zero-order valence-electron chi connectivity index (χ0n) is 74.1. The summed E-state index contributed by atoms with van der Waals surface area (Å²) in [7, 11) is -10.0. The van der Waals surface area contributed by atoms with Gasteiger partial charge in [-0.1, -0.05) is 107 Å². The first kappa shape index (κ1) is 107. The van der Waals surface area contributed by atoms with Crippen molar-refractivity contribution in [1.29, 1.82) is 0 Å². The van der Waals surface area contributed by atoms with E-state index in [1.807, 2.05) is 0 Å². The summed E-state index contributed by atoms with van der Waals surface area (Å²) < 4.78 is 64.0. The molecule has 0 aromatic heterocycles. The summed E-state index contributed by atoms with van der Waals surface area (Å²) in [6.07, 6.45) is -15.4. The monoisotopic (exact) mass is 1970 g/mol. The van der Waals surface area contributed by atoms with Crippen LogP contribution in [0.5, 0.6) is 46.0 Å². The summed E-state index contributed by atoms with van der Waals surface area (Å²) >= 11 is 14.4. The number of halogens is 2. The minimum absolute atomic E-state index is 0.0104. The molecular formula is C86H114Cl2N12O33P2. The number of aromatic hydroxyl groups is 3. The summed E-state index contributed by atoms with van der Waals surface area (Å²) in [5.74, 6) is -20.0. The summed E-state index contributed by atoms with van der Waals surface area (Å²) in [6, 6.07) is -3.08. The number of hydrogen-bond acceptors (Lipinski definition) is 31. The number of aliphatic hydroxyl groups is 6. The molecule has 0 aliphatic carbocycles. The van der Waals surface area contributed by atoms with Crippen molar-refractivity contribution in [3.8, 4) is 57.1 Å². The molecule has 15 unspecified atom stereocenters.